The van der Waals surface area contributed by atoms with Crippen LogP contribution in [0.25, 0.3) is 10.9 Å². The molecule has 0 atom stereocenters. The Balaban J connectivity index is 2.73. The van der Waals surface area contributed by atoms with Crippen molar-refractivity contribution in [2.24, 2.45) is 0 Å². The standard InChI is InChI=1S/C8H8N2O2/c1-12-8-2-5-4-9-10-6(5)3-7(8)11/h2-4,11H,1H3,(H,9,10). The molecule has 2 rings (SSSR count). The second-order valence-electron chi connectivity index (χ2n) is 2.48. The number of hydrogen-bond acceptors (Lipinski definition) is 3. The van der Waals surface area contributed by atoms with Gasteiger partial charge in [-0.1, -0.05) is 0 Å². The van der Waals surface area contributed by atoms with E-state index in [1.54, 1.807) is 18.3 Å². The van der Waals surface area contributed by atoms with E-state index in [0.717, 1.165) is 10.9 Å². The van der Waals surface area contributed by atoms with E-state index in [1.807, 2.05) is 0 Å². The van der Waals surface area contributed by atoms with Crippen molar-refractivity contribution in [3.63, 3.8) is 0 Å². The number of phenols is 1. The zero-order valence-corrected chi connectivity index (χ0v) is 6.53. The number of rotatable bonds is 1. The molecule has 1 heterocycles. The average Bonchev–Trinajstić information content (AvgIpc) is 2.49. The van der Waals surface area contributed by atoms with Gasteiger partial charge in [-0.05, 0) is 6.07 Å². The maximum absolute atomic E-state index is 9.35. The van der Waals surface area contributed by atoms with Crippen LogP contribution in [0.1, 0.15) is 0 Å². The molecule has 62 valence electrons. The van der Waals surface area contributed by atoms with E-state index in [9.17, 15) is 5.11 Å². The number of nitrogens with zero attached hydrogens (tertiary/aromatic N) is 1. The number of aromatic hydroxyl groups is 1. The summed E-state index contributed by atoms with van der Waals surface area (Å²) in [6, 6.07) is 3.31. The lowest BCUT2D eigenvalue weighted by Crippen LogP contribution is -1.82. The lowest BCUT2D eigenvalue weighted by atomic mass is 10.2. The second-order valence-corrected chi connectivity index (χ2v) is 2.48. The van der Waals surface area contributed by atoms with Gasteiger partial charge in [-0.15, -0.1) is 0 Å². The van der Waals surface area contributed by atoms with E-state index < -0.39 is 0 Å². The van der Waals surface area contributed by atoms with Crippen LogP contribution in [-0.4, -0.2) is 22.4 Å². The van der Waals surface area contributed by atoms with E-state index in [4.69, 9.17) is 4.74 Å². The second kappa shape index (κ2) is 2.41. The van der Waals surface area contributed by atoms with Gasteiger partial charge in [0.05, 0.1) is 18.8 Å². The molecule has 2 aromatic rings. The number of H-pyrrole nitrogens is 1. The Labute approximate surface area is 68.8 Å². The Bertz CT molecular complexity index is 408. The first-order chi connectivity index (χ1) is 5.81. The van der Waals surface area contributed by atoms with Gasteiger partial charge in [-0.2, -0.15) is 5.10 Å². The molecular formula is C8H8N2O2. The summed E-state index contributed by atoms with van der Waals surface area (Å²) in [7, 11) is 1.51. The highest BCUT2D eigenvalue weighted by Crippen LogP contribution is 2.29. The molecule has 0 bridgehead atoms. The summed E-state index contributed by atoms with van der Waals surface area (Å²) in [4.78, 5) is 0. The lowest BCUT2D eigenvalue weighted by Gasteiger charge is -2.01. The first-order valence-corrected chi connectivity index (χ1v) is 3.51. The monoisotopic (exact) mass is 164 g/mol. The fourth-order valence-electron chi connectivity index (χ4n) is 1.12. The highest BCUT2D eigenvalue weighted by molar-refractivity contribution is 5.81. The number of aromatic amines is 1. The summed E-state index contributed by atoms with van der Waals surface area (Å²) in [5, 5.41) is 16.8. The fraction of sp³-hybridized carbons (Fsp3) is 0.125. The third-order valence-corrected chi connectivity index (χ3v) is 1.74. The molecule has 0 unspecified atom stereocenters. The Morgan fingerprint density at radius 1 is 1.50 bits per heavy atom. The van der Waals surface area contributed by atoms with E-state index in [-0.39, 0.29) is 5.75 Å². The topological polar surface area (TPSA) is 58.1 Å². The van der Waals surface area contributed by atoms with Crippen molar-refractivity contribution < 1.29 is 9.84 Å². The van der Waals surface area contributed by atoms with Crippen LogP contribution in [0.3, 0.4) is 0 Å². The lowest BCUT2D eigenvalue weighted by molar-refractivity contribution is 0.374. The molecule has 4 heteroatoms. The highest BCUT2D eigenvalue weighted by atomic mass is 16.5. The van der Waals surface area contributed by atoms with Gasteiger partial charge in [0, 0.05) is 11.5 Å². The predicted molar refractivity (Wildman–Crippen MR) is 44.3 cm³/mol. The predicted octanol–water partition coefficient (Wildman–Crippen LogP) is 1.28. The molecule has 4 nitrogen and oxygen atoms in total. The zero-order valence-electron chi connectivity index (χ0n) is 6.53. The molecule has 1 aromatic heterocycles. The van der Waals surface area contributed by atoms with Gasteiger partial charge in [0.1, 0.15) is 0 Å². The van der Waals surface area contributed by atoms with E-state index in [2.05, 4.69) is 10.2 Å². The quantitative estimate of drug-likeness (QED) is 0.667. The molecule has 0 aliphatic heterocycles. The van der Waals surface area contributed by atoms with E-state index >= 15 is 0 Å². The van der Waals surface area contributed by atoms with Gasteiger partial charge in [-0.3, -0.25) is 5.10 Å². The van der Waals surface area contributed by atoms with Crippen molar-refractivity contribution in [2.45, 2.75) is 0 Å². The summed E-state index contributed by atoms with van der Waals surface area (Å²) >= 11 is 0. The average molecular weight is 164 g/mol. The summed E-state index contributed by atoms with van der Waals surface area (Å²) < 4.78 is 4.93. The number of phenolic OH excluding ortho intramolecular Hbond substituents is 1. The van der Waals surface area contributed by atoms with Crippen LogP contribution in [0.2, 0.25) is 0 Å². The van der Waals surface area contributed by atoms with Crippen LogP contribution in [-0.2, 0) is 0 Å². The Hall–Kier alpha value is -1.71. The molecule has 0 amide bonds. The summed E-state index contributed by atoms with van der Waals surface area (Å²) in [5.74, 6) is 0.582. The number of benzene rings is 1. The van der Waals surface area contributed by atoms with Crippen LogP contribution in [0.4, 0.5) is 0 Å². The van der Waals surface area contributed by atoms with Crippen molar-refractivity contribution in [1.29, 1.82) is 0 Å². The van der Waals surface area contributed by atoms with Crippen LogP contribution in [0.5, 0.6) is 11.5 Å². The normalized spacial score (nSPS) is 10.4. The molecule has 0 saturated carbocycles. The first kappa shape index (κ1) is 6.97. The third kappa shape index (κ3) is 0.887. The highest BCUT2D eigenvalue weighted by Gasteiger charge is 2.03. The van der Waals surface area contributed by atoms with Crippen molar-refractivity contribution >= 4 is 10.9 Å². The fourth-order valence-corrected chi connectivity index (χ4v) is 1.12. The SMILES string of the molecule is COc1cc2cn[nH]c2cc1O. The minimum atomic E-state index is 0.120. The van der Waals surface area contributed by atoms with Crippen LogP contribution < -0.4 is 4.74 Å². The van der Waals surface area contributed by atoms with Crippen LogP contribution in [0, 0.1) is 0 Å². The van der Waals surface area contributed by atoms with Crippen LogP contribution in [0.15, 0.2) is 18.3 Å². The molecule has 0 saturated heterocycles. The van der Waals surface area contributed by atoms with Gasteiger partial charge in [-0.25, -0.2) is 0 Å². The molecule has 0 aliphatic rings. The Morgan fingerprint density at radius 2 is 2.33 bits per heavy atom. The molecule has 12 heavy (non-hydrogen) atoms. The summed E-state index contributed by atoms with van der Waals surface area (Å²) in [6.07, 6.45) is 1.68. The van der Waals surface area contributed by atoms with E-state index in [0.29, 0.717) is 5.75 Å². The molecule has 0 radical (unpaired) electrons. The van der Waals surface area contributed by atoms with Crippen molar-refractivity contribution in [3.8, 4) is 11.5 Å². The number of ether oxygens (including phenoxy) is 1. The van der Waals surface area contributed by atoms with Crippen molar-refractivity contribution in [1.82, 2.24) is 10.2 Å². The van der Waals surface area contributed by atoms with Crippen molar-refractivity contribution in [2.75, 3.05) is 7.11 Å². The van der Waals surface area contributed by atoms with Gasteiger partial charge < -0.3 is 9.84 Å². The number of fused-ring (bicyclic) bond motifs is 1. The minimum Gasteiger partial charge on any atom is -0.504 e. The molecular weight excluding hydrogens is 156 g/mol. The first-order valence-electron chi connectivity index (χ1n) is 3.51. The maximum atomic E-state index is 9.35. The number of aromatic nitrogens is 2. The number of methoxy groups -OCH3 is 1. The van der Waals surface area contributed by atoms with E-state index in [1.165, 1.54) is 7.11 Å². The van der Waals surface area contributed by atoms with Gasteiger partial charge >= 0.3 is 0 Å². The molecule has 1 aromatic carbocycles. The molecule has 2 N–H and O–H groups in total. The Morgan fingerprint density at radius 3 is 3.08 bits per heavy atom. The zero-order chi connectivity index (χ0) is 8.55. The molecule has 0 fully saturated rings. The molecule has 0 aliphatic carbocycles. The largest absolute Gasteiger partial charge is 0.504 e. The number of hydrogen-bond donors (Lipinski definition) is 2. The number of nitrogens with one attached hydrogen (secondary N) is 1. The van der Waals surface area contributed by atoms with Gasteiger partial charge in [0.25, 0.3) is 0 Å². The molecule has 0 spiro atoms. The van der Waals surface area contributed by atoms with Gasteiger partial charge in [0.15, 0.2) is 11.5 Å². The smallest absolute Gasteiger partial charge is 0.161 e. The maximum Gasteiger partial charge on any atom is 0.161 e. The summed E-state index contributed by atoms with van der Waals surface area (Å²) in [5.41, 5.74) is 0.799. The minimum absolute atomic E-state index is 0.120. The Kier molecular flexibility index (Phi) is 1.40. The van der Waals surface area contributed by atoms with Crippen molar-refractivity contribution in [3.05, 3.63) is 18.3 Å². The van der Waals surface area contributed by atoms with Crippen LogP contribution >= 0.6 is 0 Å². The van der Waals surface area contributed by atoms with Gasteiger partial charge in [0.2, 0.25) is 0 Å². The third-order valence-electron chi connectivity index (χ3n) is 1.74. The summed E-state index contributed by atoms with van der Waals surface area (Å²) in [6.45, 7) is 0.